The summed E-state index contributed by atoms with van der Waals surface area (Å²) in [6.45, 7) is 8.29. The van der Waals surface area contributed by atoms with Crippen molar-refractivity contribution in [2.75, 3.05) is 4.90 Å². The van der Waals surface area contributed by atoms with Gasteiger partial charge in [0.1, 0.15) is 0 Å². The van der Waals surface area contributed by atoms with E-state index in [-0.39, 0.29) is 11.9 Å². The smallest absolute Gasteiger partial charge is 0.258 e. The number of para-hydroxylation sites is 1. The molecular formula is C19H21NO. The van der Waals surface area contributed by atoms with Crippen LogP contribution in [0.3, 0.4) is 0 Å². The van der Waals surface area contributed by atoms with Gasteiger partial charge in [-0.2, -0.15) is 0 Å². The lowest BCUT2D eigenvalue weighted by atomic mass is 9.99. The molecule has 3 rings (SSSR count). The first-order valence-corrected chi connectivity index (χ1v) is 7.48. The number of rotatable bonds is 1. The molecule has 1 atom stereocenters. The van der Waals surface area contributed by atoms with Gasteiger partial charge < -0.3 is 4.90 Å². The van der Waals surface area contributed by atoms with E-state index in [4.69, 9.17) is 0 Å². The minimum absolute atomic E-state index is 0.119. The second-order valence-corrected chi connectivity index (χ2v) is 6.11. The maximum Gasteiger partial charge on any atom is 0.258 e. The highest BCUT2D eigenvalue weighted by atomic mass is 16.2. The van der Waals surface area contributed by atoms with Gasteiger partial charge in [0.25, 0.3) is 5.91 Å². The Hall–Kier alpha value is -2.09. The quantitative estimate of drug-likeness (QED) is 0.766. The Labute approximate surface area is 126 Å². The molecule has 2 heteroatoms. The number of aryl methyl sites for hydroxylation is 3. The number of carbonyl (C=O) groups excluding carboxylic acids is 1. The first kappa shape index (κ1) is 13.9. The number of carbonyl (C=O) groups is 1. The van der Waals surface area contributed by atoms with E-state index in [1.54, 1.807) is 0 Å². The van der Waals surface area contributed by atoms with Gasteiger partial charge in [-0.3, -0.25) is 4.79 Å². The van der Waals surface area contributed by atoms with E-state index in [0.717, 1.165) is 23.2 Å². The van der Waals surface area contributed by atoms with Gasteiger partial charge >= 0.3 is 0 Å². The van der Waals surface area contributed by atoms with Gasteiger partial charge in [-0.1, -0.05) is 24.3 Å². The van der Waals surface area contributed by atoms with Crippen LogP contribution < -0.4 is 4.90 Å². The molecule has 1 amide bonds. The lowest BCUT2D eigenvalue weighted by Crippen LogP contribution is -2.36. The molecule has 0 bridgehead atoms. The Bertz CT molecular complexity index is 718. The van der Waals surface area contributed by atoms with Crippen LogP contribution in [0.25, 0.3) is 0 Å². The van der Waals surface area contributed by atoms with Gasteiger partial charge in [0, 0.05) is 17.3 Å². The highest BCUT2D eigenvalue weighted by molar-refractivity contribution is 6.08. The second kappa shape index (κ2) is 5.03. The van der Waals surface area contributed by atoms with Crippen molar-refractivity contribution >= 4 is 11.6 Å². The minimum atomic E-state index is 0.119. The maximum absolute atomic E-state index is 13.0. The summed E-state index contributed by atoms with van der Waals surface area (Å²) in [6, 6.07) is 12.6. The molecule has 2 aromatic rings. The molecule has 0 saturated carbocycles. The fraction of sp³-hybridized carbons (Fsp3) is 0.316. The van der Waals surface area contributed by atoms with Gasteiger partial charge in [-0.15, -0.1) is 0 Å². The number of nitrogens with zero attached hydrogens (tertiary/aromatic N) is 1. The molecule has 2 nitrogen and oxygen atoms in total. The van der Waals surface area contributed by atoms with Crippen LogP contribution in [0.4, 0.5) is 5.69 Å². The Kier molecular flexibility index (Phi) is 3.32. The minimum Gasteiger partial charge on any atom is -0.305 e. The summed E-state index contributed by atoms with van der Waals surface area (Å²) in [6.07, 6.45) is 0.936. The van der Waals surface area contributed by atoms with Crippen molar-refractivity contribution in [3.05, 3.63) is 64.2 Å². The number of amides is 1. The third-order valence-corrected chi connectivity index (χ3v) is 4.50. The number of hydrogen-bond acceptors (Lipinski definition) is 1. The zero-order chi connectivity index (χ0) is 15.1. The molecule has 0 spiro atoms. The monoisotopic (exact) mass is 279 g/mol. The fourth-order valence-corrected chi connectivity index (χ4v) is 3.20. The van der Waals surface area contributed by atoms with E-state index in [0.29, 0.717) is 0 Å². The molecule has 108 valence electrons. The van der Waals surface area contributed by atoms with E-state index in [1.807, 2.05) is 36.1 Å². The van der Waals surface area contributed by atoms with Crippen molar-refractivity contribution in [1.82, 2.24) is 0 Å². The highest BCUT2D eigenvalue weighted by Gasteiger charge is 2.31. The van der Waals surface area contributed by atoms with E-state index < -0.39 is 0 Å². The summed E-state index contributed by atoms with van der Waals surface area (Å²) in [4.78, 5) is 15.0. The molecule has 0 fully saturated rings. The van der Waals surface area contributed by atoms with Crippen molar-refractivity contribution in [2.45, 2.75) is 40.2 Å². The normalized spacial score (nSPS) is 17.0. The number of hydrogen-bond donors (Lipinski definition) is 0. The Morgan fingerprint density at radius 2 is 1.71 bits per heavy atom. The third kappa shape index (κ3) is 2.25. The van der Waals surface area contributed by atoms with Crippen LogP contribution in [-0.2, 0) is 6.42 Å². The third-order valence-electron chi connectivity index (χ3n) is 4.50. The van der Waals surface area contributed by atoms with Crippen molar-refractivity contribution in [3.63, 3.8) is 0 Å². The highest BCUT2D eigenvalue weighted by Crippen LogP contribution is 2.33. The van der Waals surface area contributed by atoms with Crippen molar-refractivity contribution < 1.29 is 4.79 Å². The van der Waals surface area contributed by atoms with Crippen LogP contribution in [0, 0.1) is 20.8 Å². The number of anilines is 1. The summed E-state index contributed by atoms with van der Waals surface area (Å²) in [7, 11) is 0. The Balaban J connectivity index is 2.05. The first-order chi connectivity index (χ1) is 9.99. The molecule has 1 aliphatic rings. The lowest BCUT2D eigenvalue weighted by molar-refractivity contribution is 0.0981. The summed E-state index contributed by atoms with van der Waals surface area (Å²) >= 11 is 0. The maximum atomic E-state index is 13.0. The van der Waals surface area contributed by atoms with Crippen LogP contribution in [-0.4, -0.2) is 11.9 Å². The molecule has 2 aromatic carbocycles. The van der Waals surface area contributed by atoms with Gasteiger partial charge in [0.2, 0.25) is 0 Å². The molecular weight excluding hydrogens is 258 g/mol. The van der Waals surface area contributed by atoms with Crippen LogP contribution >= 0.6 is 0 Å². The van der Waals surface area contributed by atoms with Gasteiger partial charge in [0.05, 0.1) is 0 Å². The van der Waals surface area contributed by atoms with E-state index in [2.05, 4.69) is 32.9 Å². The molecule has 0 N–H and O–H groups in total. The molecule has 21 heavy (non-hydrogen) atoms. The zero-order valence-corrected chi connectivity index (χ0v) is 13.1. The fourth-order valence-electron chi connectivity index (χ4n) is 3.20. The van der Waals surface area contributed by atoms with Crippen LogP contribution in [0.1, 0.15) is 39.5 Å². The van der Waals surface area contributed by atoms with Gasteiger partial charge in [-0.25, -0.2) is 0 Å². The molecule has 1 aliphatic heterocycles. The van der Waals surface area contributed by atoms with Crippen molar-refractivity contribution in [3.8, 4) is 0 Å². The molecule has 0 radical (unpaired) electrons. The van der Waals surface area contributed by atoms with E-state index in [9.17, 15) is 4.79 Å². The SMILES string of the molecule is Cc1cc(C)c(C(=O)N2c3ccccc3C[C@@H]2C)cc1C. The average molecular weight is 279 g/mol. The lowest BCUT2D eigenvalue weighted by Gasteiger charge is -2.24. The topological polar surface area (TPSA) is 20.3 Å². The summed E-state index contributed by atoms with van der Waals surface area (Å²) < 4.78 is 0. The van der Waals surface area contributed by atoms with E-state index >= 15 is 0 Å². The van der Waals surface area contributed by atoms with Crippen LogP contribution in [0.5, 0.6) is 0 Å². The number of fused-ring (bicyclic) bond motifs is 1. The first-order valence-electron chi connectivity index (χ1n) is 7.48. The van der Waals surface area contributed by atoms with Crippen molar-refractivity contribution in [1.29, 1.82) is 0 Å². The van der Waals surface area contributed by atoms with Gasteiger partial charge in [0.15, 0.2) is 0 Å². The molecule has 0 aromatic heterocycles. The predicted molar refractivity (Wildman–Crippen MR) is 87.1 cm³/mol. The molecule has 0 saturated heterocycles. The Morgan fingerprint density at radius 3 is 2.48 bits per heavy atom. The van der Waals surface area contributed by atoms with Gasteiger partial charge in [-0.05, 0) is 68.5 Å². The Morgan fingerprint density at radius 1 is 1.05 bits per heavy atom. The second-order valence-electron chi connectivity index (χ2n) is 6.11. The average Bonchev–Trinajstić information content (AvgIpc) is 2.78. The van der Waals surface area contributed by atoms with E-state index in [1.165, 1.54) is 16.7 Å². The molecule has 0 aliphatic carbocycles. The zero-order valence-electron chi connectivity index (χ0n) is 13.1. The van der Waals surface area contributed by atoms with Crippen LogP contribution in [0.2, 0.25) is 0 Å². The molecule has 1 heterocycles. The molecule has 0 unspecified atom stereocenters. The summed E-state index contributed by atoms with van der Waals surface area (Å²) in [5.41, 5.74) is 6.61. The predicted octanol–water partition coefficient (Wildman–Crippen LogP) is 4.20. The summed E-state index contributed by atoms with van der Waals surface area (Å²) in [5.74, 6) is 0.119. The summed E-state index contributed by atoms with van der Waals surface area (Å²) in [5, 5.41) is 0. The number of benzene rings is 2. The van der Waals surface area contributed by atoms with Crippen LogP contribution in [0.15, 0.2) is 36.4 Å². The standard InChI is InChI=1S/C19H21NO/c1-12-9-14(3)17(10-13(12)2)19(21)20-15(4)11-16-7-5-6-8-18(16)20/h5-10,15H,11H2,1-4H3/t15-/m0/s1. The van der Waals surface area contributed by atoms with Crippen molar-refractivity contribution in [2.24, 2.45) is 0 Å². The largest absolute Gasteiger partial charge is 0.305 e.